The minimum Gasteiger partial charge on any atom is -0.394 e. The molecule has 0 saturated carbocycles. The van der Waals surface area contributed by atoms with Gasteiger partial charge < -0.3 is 40.3 Å². The van der Waals surface area contributed by atoms with Crippen molar-refractivity contribution < 1.29 is 39.8 Å². The highest BCUT2D eigenvalue weighted by atomic mass is 16.7. The Kier molecular flexibility index (Phi) is 47.5. The first-order valence-electron chi connectivity index (χ1n) is 29.5. The zero-order valence-electron chi connectivity index (χ0n) is 45.3. The van der Waals surface area contributed by atoms with Crippen LogP contribution < -0.4 is 5.32 Å². The minimum absolute atomic E-state index is 0.191. The molecule has 7 atom stereocenters. The molecule has 7 unspecified atom stereocenters. The number of ether oxygens (including phenoxy) is 2. The lowest BCUT2D eigenvalue weighted by molar-refractivity contribution is -0.302. The van der Waals surface area contributed by atoms with Crippen LogP contribution >= 0.6 is 0 Å². The molecule has 1 fully saturated rings. The predicted octanol–water partition coefficient (Wildman–Crippen LogP) is 14.7. The fourth-order valence-corrected chi connectivity index (χ4v) is 9.09. The van der Waals surface area contributed by atoms with Crippen LogP contribution in [0.5, 0.6) is 0 Å². The molecule has 1 aliphatic heterocycles. The number of carbonyl (C=O) groups is 1. The van der Waals surface area contributed by atoms with E-state index in [-0.39, 0.29) is 12.5 Å². The first kappa shape index (κ1) is 65.9. The van der Waals surface area contributed by atoms with Crippen molar-refractivity contribution in [1.29, 1.82) is 0 Å². The second-order valence-corrected chi connectivity index (χ2v) is 20.4. The van der Waals surface area contributed by atoms with Gasteiger partial charge in [-0.05, 0) is 70.6 Å². The maximum absolute atomic E-state index is 13.0. The lowest BCUT2D eigenvalue weighted by atomic mass is 9.99. The molecule has 0 radical (unpaired) electrons. The number of allylic oxidation sites excluding steroid dienone is 9. The van der Waals surface area contributed by atoms with Gasteiger partial charge in [-0.25, -0.2) is 0 Å². The first-order chi connectivity index (χ1) is 34.3. The Morgan fingerprint density at radius 3 is 1.33 bits per heavy atom. The summed E-state index contributed by atoms with van der Waals surface area (Å²) in [6.07, 6.45) is 61.8. The molecule has 0 spiro atoms. The lowest BCUT2D eigenvalue weighted by Gasteiger charge is -2.40. The predicted molar refractivity (Wildman–Crippen MR) is 295 cm³/mol. The van der Waals surface area contributed by atoms with Crippen LogP contribution in [0, 0.1) is 0 Å². The van der Waals surface area contributed by atoms with Gasteiger partial charge in [0.05, 0.1) is 25.4 Å². The van der Waals surface area contributed by atoms with E-state index in [0.29, 0.717) is 6.42 Å². The highest BCUT2D eigenvalue weighted by Gasteiger charge is 2.44. The SMILES string of the molecule is CCCC/C=C/CC/C=C/CC/C=C/C(O)C(COC1OC(CO)C(O)C(O)C1O)NC(=O)CCCCCCCCCCCCCCCCCCC/C=C\C/C=C\CCCCCCCCCCCCC. The van der Waals surface area contributed by atoms with E-state index in [1.54, 1.807) is 6.08 Å². The molecule has 70 heavy (non-hydrogen) atoms. The Morgan fingerprint density at radius 2 is 0.871 bits per heavy atom. The fraction of sp³-hybridized carbons (Fsp3) is 0.820. The average molecular weight is 987 g/mol. The van der Waals surface area contributed by atoms with Gasteiger partial charge in [-0.2, -0.15) is 0 Å². The molecule has 0 aromatic carbocycles. The largest absolute Gasteiger partial charge is 0.394 e. The Morgan fingerprint density at radius 1 is 0.486 bits per heavy atom. The number of nitrogens with one attached hydrogen (secondary N) is 1. The number of rotatable bonds is 50. The molecule has 0 aromatic rings. The van der Waals surface area contributed by atoms with Crippen LogP contribution in [0.2, 0.25) is 0 Å². The van der Waals surface area contributed by atoms with Crippen LogP contribution in [0.4, 0.5) is 0 Å². The summed E-state index contributed by atoms with van der Waals surface area (Å²) in [5, 5.41) is 54.3. The first-order valence-corrected chi connectivity index (χ1v) is 29.5. The molecule has 1 saturated heterocycles. The van der Waals surface area contributed by atoms with Gasteiger partial charge in [0.2, 0.25) is 5.91 Å². The summed E-state index contributed by atoms with van der Waals surface area (Å²) in [6.45, 7) is 3.71. The van der Waals surface area contributed by atoms with Crippen molar-refractivity contribution in [3.05, 3.63) is 60.8 Å². The molecule has 1 rings (SSSR count). The van der Waals surface area contributed by atoms with E-state index in [0.717, 1.165) is 57.8 Å². The maximum Gasteiger partial charge on any atom is 0.220 e. The van der Waals surface area contributed by atoms with Gasteiger partial charge in [-0.15, -0.1) is 0 Å². The zero-order valence-corrected chi connectivity index (χ0v) is 45.3. The number of aliphatic hydroxyl groups is 5. The molecular weight excluding hydrogens is 875 g/mol. The number of hydrogen-bond donors (Lipinski definition) is 6. The molecule has 9 nitrogen and oxygen atoms in total. The van der Waals surface area contributed by atoms with Crippen molar-refractivity contribution in [3.63, 3.8) is 0 Å². The second-order valence-electron chi connectivity index (χ2n) is 20.4. The molecule has 9 heteroatoms. The Balaban J connectivity index is 2.09. The van der Waals surface area contributed by atoms with Crippen molar-refractivity contribution >= 4 is 5.91 Å². The van der Waals surface area contributed by atoms with Crippen LogP contribution in [-0.4, -0.2) is 87.5 Å². The van der Waals surface area contributed by atoms with E-state index in [1.807, 2.05) is 6.08 Å². The Hall–Kier alpha value is -2.11. The van der Waals surface area contributed by atoms with Gasteiger partial charge in [-0.1, -0.05) is 248 Å². The van der Waals surface area contributed by atoms with Crippen LogP contribution in [0.25, 0.3) is 0 Å². The van der Waals surface area contributed by atoms with Gasteiger partial charge >= 0.3 is 0 Å². The van der Waals surface area contributed by atoms with E-state index in [9.17, 15) is 30.3 Å². The summed E-state index contributed by atoms with van der Waals surface area (Å²) < 4.78 is 11.2. The summed E-state index contributed by atoms with van der Waals surface area (Å²) in [7, 11) is 0. The Bertz CT molecular complexity index is 1280. The van der Waals surface area contributed by atoms with Gasteiger partial charge in [0.25, 0.3) is 0 Å². The third-order valence-corrected chi connectivity index (χ3v) is 13.8. The molecule has 408 valence electrons. The topological polar surface area (TPSA) is 149 Å². The normalized spacial score (nSPS) is 19.8. The van der Waals surface area contributed by atoms with Gasteiger partial charge in [0, 0.05) is 6.42 Å². The zero-order chi connectivity index (χ0) is 50.8. The van der Waals surface area contributed by atoms with Gasteiger partial charge in [0.1, 0.15) is 24.4 Å². The summed E-state index contributed by atoms with van der Waals surface area (Å²) in [5.41, 5.74) is 0. The summed E-state index contributed by atoms with van der Waals surface area (Å²) in [6, 6.07) is -0.828. The summed E-state index contributed by atoms with van der Waals surface area (Å²) in [5.74, 6) is -0.191. The number of aliphatic hydroxyl groups excluding tert-OH is 5. The highest BCUT2D eigenvalue weighted by Crippen LogP contribution is 2.23. The van der Waals surface area contributed by atoms with Crippen molar-refractivity contribution in [1.82, 2.24) is 5.32 Å². The number of amides is 1. The van der Waals surface area contributed by atoms with Crippen molar-refractivity contribution in [2.24, 2.45) is 0 Å². The fourth-order valence-electron chi connectivity index (χ4n) is 9.09. The molecule has 1 heterocycles. The molecule has 0 aliphatic carbocycles. The molecular formula is C61H111NO8. The van der Waals surface area contributed by atoms with Crippen LogP contribution in [0.3, 0.4) is 0 Å². The van der Waals surface area contributed by atoms with Crippen molar-refractivity contribution in [2.45, 2.75) is 307 Å². The van der Waals surface area contributed by atoms with E-state index >= 15 is 0 Å². The van der Waals surface area contributed by atoms with E-state index < -0.39 is 49.5 Å². The van der Waals surface area contributed by atoms with E-state index in [2.05, 4.69) is 67.8 Å². The smallest absolute Gasteiger partial charge is 0.220 e. The molecule has 0 aromatic heterocycles. The van der Waals surface area contributed by atoms with Crippen molar-refractivity contribution in [2.75, 3.05) is 13.2 Å². The monoisotopic (exact) mass is 986 g/mol. The molecule has 0 bridgehead atoms. The molecule has 6 N–H and O–H groups in total. The average Bonchev–Trinajstić information content (AvgIpc) is 3.36. The van der Waals surface area contributed by atoms with Crippen LogP contribution in [0.15, 0.2) is 60.8 Å². The number of carbonyl (C=O) groups excluding carboxylic acids is 1. The number of unbranched alkanes of at least 4 members (excludes halogenated alkanes) is 32. The second kappa shape index (κ2) is 50.4. The molecule has 1 amide bonds. The maximum atomic E-state index is 13.0. The Labute approximate surface area is 430 Å². The summed E-state index contributed by atoms with van der Waals surface area (Å²) >= 11 is 0. The lowest BCUT2D eigenvalue weighted by Crippen LogP contribution is -2.60. The van der Waals surface area contributed by atoms with Crippen LogP contribution in [0.1, 0.15) is 264 Å². The van der Waals surface area contributed by atoms with Gasteiger partial charge in [0.15, 0.2) is 6.29 Å². The standard InChI is InChI=1S/C61H111NO8/c1-3-5-7-9-11-13-15-17-18-19-20-21-22-23-24-25-26-27-28-29-30-31-32-33-34-35-36-37-38-39-41-43-45-47-49-51-57(65)62-54(53-69-61-60(68)59(67)58(66)56(52-63)70-61)55(64)50-48-46-44-42-40-16-14-12-10-8-6-4-2/h10,12,22-23,25-26,40,42,48,50,54-56,58-61,63-64,66-68H,3-9,11,13-21,24,27-39,41,43-47,49,51-53H2,1-2H3,(H,62,65)/b12-10+,23-22-,26-25-,42-40+,50-48+. The third-order valence-electron chi connectivity index (χ3n) is 13.8. The minimum atomic E-state index is -1.57. The molecule has 1 aliphatic rings. The third kappa shape index (κ3) is 39.4. The van der Waals surface area contributed by atoms with E-state index in [4.69, 9.17) is 9.47 Å². The van der Waals surface area contributed by atoms with Gasteiger partial charge in [-0.3, -0.25) is 4.79 Å². The highest BCUT2D eigenvalue weighted by molar-refractivity contribution is 5.76. The van der Waals surface area contributed by atoms with Crippen molar-refractivity contribution in [3.8, 4) is 0 Å². The van der Waals surface area contributed by atoms with Crippen LogP contribution in [-0.2, 0) is 14.3 Å². The quantitative estimate of drug-likeness (QED) is 0.0261. The number of hydrogen-bond acceptors (Lipinski definition) is 8. The summed E-state index contributed by atoms with van der Waals surface area (Å²) in [4.78, 5) is 13.0. The van der Waals surface area contributed by atoms with E-state index in [1.165, 1.54) is 186 Å².